The van der Waals surface area contributed by atoms with Crippen molar-refractivity contribution in [3.63, 3.8) is 0 Å². The first-order valence-electron chi connectivity index (χ1n) is 16.4. The quantitative estimate of drug-likeness (QED) is 0.195. The van der Waals surface area contributed by atoms with Gasteiger partial charge in [0.15, 0.2) is 0 Å². The molecule has 47 heavy (non-hydrogen) atoms. The fourth-order valence-corrected chi connectivity index (χ4v) is 8.27. The molecule has 0 fully saturated rings. The average Bonchev–Trinajstić information content (AvgIpc) is 3.72. The van der Waals surface area contributed by atoms with Gasteiger partial charge in [-0.2, -0.15) is 0 Å². The Morgan fingerprint density at radius 2 is 1.02 bits per heavy atom. The number of anilines is 3. The van der Waals surface area contributed by atoms with Gasteiger partial charge in [0.1, 0.15) is 0 Å². The molecule has 0 unspecified atom stereocenters. The van der Waals surface area contributed by atoms with Crippen LogP contribution in [-0.4, -0.2) is 4.40 Å². The van der Waals surface area contributed by atoms with Crippen LogP contribution in [0.25, 0.3) is 60.3 Å². The number of aromatic nitrogens is 1. The highest BCUT2D eigenvalue weighted by atomic mass is 15.1. The van der Waals surface area contributed by atoms with Gasteiger partial charge < -0.3 is 9.30 Å². The lowest BCUT2D eigenvalue weighted by atomic mass is 9.82. The van der Waals surface area contributed by atoms with Crippen LogP contribution in [0, 0.1) is 0 Å². The van der Waals surface area contributed by atoms with Gasteiger partial charge in [-0.25, -0.2) is 0 Å². The molecule has 0 N–H and O–H groups in total. The van der Waals surface area contributed by atoms with Crippen LogP contribution in [-0.2, 0) is 5.41 Å². The zero-order valence-electron chi connectivity index (χ0n) is 26.4. The third-order valence-corrected chi connectivity index (χ3v) is 10.5. The van der Waals surface area contributed by atoms with E-state index in [1.807, 2.05) is 0 Å². The topological polar surface area (TPSA) is 7.65 Å². The Hall–Kier alpha value is -5.86. The van der Waals surface area contributed by atoms with E-state index in [0.29, 0.717) is 0 Å². The number of para-hydroxylation sites is 2. The molecule has 0 bridgehead atoms. The van der Waals surface area contributed by atoms with Gasteiger partial charge in [-0.05, 0) is 75.8 Å². The minimum absolute atomic E-state index is 0.0833. The maximum absolute atomic E-state index is 2.47. The number of hydrogen-bond acceptors (Lipinski definition) is 1. The Labute approximate surface area is 274 Å². The van der Waals surface area contributed by atoms with Gasteiger partial charge in [-0.3, -0.25) is 0 Å². The number of nitrogens with zero attached hydrogens (tertiary/aromatic N) is 2. The van der Waals surface area contributed by atoms with Crippen molar-refractivity contribution in [1.29, 1.82) is 0 Å². The van der Waals surface area contributed by atoms with Crippen LogP contribution in [0.3, 0.4) is 0 Å². The van der Waals surface area contributed by atoms with E-state index in [4.69, 9.17) is 0 Å². The molecule has 2 aromatic heterocycles. The summed E-state index contributed by atoms with van der Waals surface area (Å²) < 4.78 is 2.47. The fourth-order valence-electron chi connectivity index (χ4n) is 8.27. The Balaban J connectivity index is 1.21. The molecular formula is C45H32N2. The summed E-state index contributed by atoms with van der Waals surface area (Å²) in [6, 6.07) is 58.1. The summed E-state index contributed by atoms with van der Waals surface area (Å²) in [5.74, 6) is 0. The van der Waals surface area contributed by atoms with Gasteiger partial charge in [0.05, 0.1) is 16.6 Å². The lowest BCUT2D eigenvalue weighted by Crippen LogP contribution is -2.16. The highest BCUT2D eigenvalue weighted by Gasteiger charge is 2.35. The summed E-state index contributed by atoms with van der Waals surface area (Å²) in [7, 11) is 0. The van der Waals surface area contributed by atoms with Crippen molar-refractivity contribution in [3.05, 3.63) is 169 Å². The van der Waals surface area contributed by atoms with Crippen LogP contribution in [0.15, 0.2) is 158 Å². The average molecular weight is 601 g/mol. The summed E-state index contributed by atoms with van der Waals surface area (Å²) >= 11 is 0. The van der Waals surface area contributed by atoms with E-state index in [1.54, 1.807) is 0 Å². The smallest absolute Gasteiger partial charge is 0.0620 e. The maximum atomic E-state index is 2.47. The molecule has 0 spiro atoms. The first-order valence-corrected chi connectivity index (χ1v) is 16.4. The molecule has 222 valence electrons. The van der Waals surface area contributed by atoms with Gasteiger partial charge in [-0.15, -0.1) is 0 Å². The number of benzene rings is 7. The lowest BCUT2D eigenvalue weighted by Gasteiger charge is -2.28. The molecule has 9 aromatic rings. The Kier molecular flexibility index (Phi) is 5.37. The van der Waals surface area contributed by atoms with Crippen molar-refractivity contribution in [1.82, 2.24) is 4.40 Å². The molecule has 0 saturated carbocycles. The minimum Gasteiger partial charge on any atom is -0.310 e. The molecule has 2 heteroatoms. The molecule has 0 amide bonds. The monoisotopic (exact) mass is 600 g/mol. The molecule has 0 saturated heterocycles. The second kappa shape index (κ2) is 9.57. The fraction of sp³-hybridized carbons (Fsp3) is 0.0667. The third-order valence-electron chi connectivity index (χ3n) is 10.5. The first-order chi connectivity index (χ1) is 23.1. The second-order valence-electron chi connectivity index (χ2n) is 13.4. The Bertz CT molecular complexity index is 2640. The summed E-state index contributed by atoms with van der Waals surface area (Å²) in [4.78, 5) is 2.43. The summed E-state index contributed by atoms with van der Waals surface area (Å²) in [6.45, 7) is 4.71. The number of rotatable bonds is 4. The molecule has 0 atom stereocenters. The summed E-state index contributed by atoms with van der Waals surface area (Å²) in [5.41, 5.74) is 15.0. The van der Waals surface area contributed by atoms with Gasteiger partial charge in [0.25, 0.3) is 0 Å². The third kappa shape index (κ3) is 3.67. The normalized spacial score (nSPS) is 13.5. The molecule has 10 rings (SSSR count). The SMILES string of the molecule is CC1(C)c2ccccc2-c2ccc(N(c3ccc(-c4ccccc4)cc3)c3ccc4c5cccc6c7ccccc7n(c4c3)c65)cc21. The van der Waals surface area contributed by atoms with Crippen LogP contribution < -0.4 is 4.90 Å². The minimum atomic E-state index is -0.0833. The first kappa shape index (κ1) is 26.4. The molecule has 7 aromatic carbocycles. The van der Waals surface area contributed by atoms with Crippen LogP contribution in [0.1, 0.15) is 25.0 Å². The molecule has 2 heterocycles. The Morgan fingerprint density at radius 3 is 1.85 bits per heavy atom. The van der Waals surface area contributed by atoms with E-state index >= 15 is 0 Å². The molecule has 0 radical (unpaired) electrons. The van der Waals surface area contributed by atoms with E-state index in [9.17, 15) is 0 Å². The van der Waals surface area contributed by atoms with E-state index in [2.05, 4.69) is 181 Å². The van der Waals surface area contributed by atoms with Crippen molar-refractivity contribution in [2.45, 2.75) is 19.3 Å². The summed E-state index contributed by atoms with van der Waals surface area (Å²) in [5, 5.41) is 5.19. The van der Waals surface area contributed by atoms with Crippen molar-refractivity contribution in [3.8, 4) is 22.3 Å². The zero-order chi connectivity index (χ0) is 31.3. The van der Waals surface area contributed by atoms with Crippen LogP contribution in [0.5, 0.6) is 0 Å². The van der Waals surface area contributed by atoms with Gasteiger partial charge in [0.2, 0.25) is 0 Å². The lowest BCUT2D eigenvalue weighted by molar-refractivity contribution is 0.660. The van der Waals surface area contributed by atoms with Crippen molar-refractivity contribution < 1.29 is 0 Å². The molecular weight excluding hydrogens is 569 g/mol. The highest BCUT2D eigenvalue weighted by Crippen LogP contribution is 2.51. The molecule has 1 aliphatic carbocycles. The number of hydrogen-bond donors (Lipinski definition) is 0. The maximum Gasteiger partial charge on any atom is 0.0620 e. The second-order valence-corrected chi connectivity index (χ2v) is 13.4. The molecule has 0 aliphatic heterocycles. The zero-order valence-corrected chi connectivity index (χ0v) is 26.4. The van der Waals surface area contributed by atoms with Crippen LogP contribution in [0.4, 0.5) is 17.1 Å². The van der Waals surface area contributed by atoms with Crippen molar-refractivity contribution in [2.24, 2.45) is 0 Å². The standard InChI is InChI=1S/C45H32N2/c1-45(2)40-17-8-6-13-34(40)35-25-23-32(27-41(35)45)46(31-21-19-30(20-22-31)29-11-4-3-5-12-29)33-24-26-37-39-16-10-15-38-36-14-7-9-18-42(36)47(44(38)39)43(37)28-33/h3-28H,1-2H3. The van der Waals surface area contributed by atoms with Gasteiger partial charge in [0, 0.05) is 44.0 Å². The van der Waals surface area contributed by atoms with E-state index in [-0.39, 0.29) is 5.41 Å². The van der Waals surface area contributed by atoms with Crippen LogP contribution >= 0.6 is 0 Å². The predicted octanol–water partition coefficient (Wildman–Crippen LogP) is 12.3. The number of fused-ring (bicyclic) bond motifs is 9. The van der Waals surface area contributed by atoms with Gasteiger partial charge in [-0.1, -0.05) is 129 Å². The highest BCUT2D eigenvalue weighted by molar-refractivity contribution is 6.23. The van der Waals surface area contributed by atoms with Crippen LogP contribution in [0.2, 0.25) is 0 Å². The molecule has 2 nitrogen and oxygen atoms in total. The van der Waals surface area contributed by atoms with E-state index < -0.39 is 0 Å². The van der Waals surface area contributed by atoms with Crippen molar-refractivity contribution in [2.75, 3.05) is 4.90 Å². The summed E-state index contributed by atoms with van der Waals surface area (Å²) in [6.07, 6.45) is 0. The van der Waals surface area contributed by atoms with Crippen molar-refractivity contribution >= 4 is 55.2 Å². The molecule has 1 aliphatic rings. The van der Waals surface area contributed by atoms with Gasteiger partial charge >= 0.3 is 0 Å². The van der Waals surface area contributed by atoms with E-state index in [1.165, 1.54) is 71.5 Å². The predicted molar refractivity (Wildman–Crippen MR) is 199 cm³/mol. The Morgan fingerprint density at radius 1 is 0.426 bits per heavy atom. The van der Waals surface area contributed by atoms with E-state index in [0.717, 1.165) is 17.1 Å². The largest absolute Gasteiger partial charge is 0.310 e.